The largest absolute Gasteiger partial charge is 0.366 e. The maximum atomic E-state index is 13.4. The van der Waals surface area contributed by atoms with E-state index in [9.17, 15) is 9.59 Å². The molecule has 2 N–H and O–H groups in total. The summed E-state index contributed by atoms with van der Waals surface area (Å²) in [7, 11) is 1.98. The standard InChI is InChI=1S/C37H43N7O2/c1-25-6-12-31(13-7-25)44-34(22-33(41-44)37(2,3)4)40-36(46)39-30-10-8-26(9-11-30)20-27-15-18-43(19-16-27)35(45)32-21-29-23-38-17-14-28(29)24-42(32)5/h6-14,17,21-23,27H,15-16,18-20,24H2,1-5H3,(H2,39,40,46). The summed E-state index contributed by atoms with van der Waals surface area (Å²) in [5.74, 6) is 1.22. The fraction of sp³-hybridized carbons (Fsp3) is 0.351. The summed E-state index contributed by atoms with van der Waals surface area (Å²) < 4.78 is 1.78. The van der Waals surface area contributed by atoms with Gasteiger partial charge < -0.3 is 15.1 Å². The Morgan fingerprint density at radius 3 is 2.37 bits per heavy atom. The number of hydrogen-bond acceptors (Lipinski definition) is 5. The fourth-order valence-electron chi connectivity index (χ4n) is 6.09. The van der Waals surface area contributed by atoms with E-state index in [4.69, 9.17) is 5.10 Å². The lowest BCUT2D eigenvalue weighted by molar-refractivity contribution is -0.130. The van der Waals surface area contributed by atoms with Crippen molar-refractivity contribution in [3.8, 4) is 5.69 Å². The van der Waals surface area contributed by atoms with Gasteiger partial charge in [-0.25, -0.2) is 9.48 Å². The molecular weight excluding hydrogens is 574 g/mol. The molecule has 4 heterocycles. The molecule has 46 heavy (non-hydrogen) atoms. The minimum absolute atomic E-state index is 0.0979. The van der Waals surface area contributed by atoms with Crippen LogP contribution in [0.3, 0.4) is 0 Å². The molecule has 9 heteroatoms. The van der Waals surface area contributed by atoms with Crippen LogP contribution in [-0.4, -0.2) is 56.6 Å². The Kier molecular flexibility index (Phi) is 8.67. The third-order valence-electron chi connectivity index (χ3n) is 8.91. The average Bonchev–Trinajstić information content (AvgIpc) is 3.46. The number of carbonyl (C=O) groups excluding carboxylic acids is 2. The van der Waals surface area contributed by atoms with Gasteiger partial charge in [-0.05, 0) is 85.2 Å². The van der Waals surface area contributed by atoms with E-state index in [2.05, 4.69) is 48.5 Å². The number of likely N-dealkylation sites (N-methyl/N-ethyl adjacent to an activating group) is 1. The fourth-order valence-corrected chi connectivity index (χ4v) is 6.09. The van der Waals surface area contributed by atoms with Gasteiger partial charge in [-0.2, -0.15) is 5.10 Å². The smallest absolute Gasteiger partial charge is 0.324 e. The summed E-state index contributed by atoms with van der Waals surface area (Å²) in [6.45, 7) is 10.6. The van der Waals surface area contributed by atoms with Crippen LogP contribution in [0.25, 0.3) is 11.8 Å². The third kappa shape index (κ3) is 6.98. The summed E-state index contributed by atoms with van der Waals surface area (Å²) in [4.78, 5) is 34.7. The first-order valence-corrected chi connectivity index (χ1v) is 16.0. The summed E-state index contributed by atoms with van der Waals surface area (Å²) >= 11 is 0. The number of piperidine rings is 1. The highest BCUT2D eigenvalue weighted by atomic mass is 16.2. The van der Waals surface area contributed by atoms with Gasteiger partial charge in [0.2, 0.25) is 0 Å². The van der Waals surface area contributed by atoms with Gasteiger partial charge in [0.1, 0.15) is 11.5 Å². The normalized spacial score (nSPS) is 15.3. The van der Waals surface area contributed by atoms with Crippen LogP contribution >= 0.6 is 0 Å². The molecule has 0 spiro atoms. The maximum Gasteiger partial charge on any atom is 0.324 e. The van der Waals surface area contributed by atoms with Crippen molar-refractivity contribution in [2.45, 2.75) is 58.9 Å². The molecule has 3 amide bonds. The van der Waals surface area contributed by atoms with Crippen molar-refractivity contribution in [1.82, 2.24) is 24.6 Å². The summed E-state index contributed by atoms with van der Waals surface area (Å²) in [6.07, 6.45) is 8.48. The zero-order valence-electron chi connectivity index (χ0n) is 27.4. The Hall–Kier alpha value is -4.92. The number of rotatable bonds is 6. The first kappa shape index (κ1) is 31.1. The van der Waals surface area contributed by atoms with Crippen molar-refractivity contribution in [2.24, 2.45) is 5.92 Å². The van der Waals surface area contributed by atoms with Crippen LogP contribution < -0.4 is 10.6 Å². The summed E-state index contributed by atoms with van der Waals surface area (Å²) in [5.41, 5.74) is 7.67. The van der Waals surface area contributed by atoms with Crippen LogP contribution in [0, 0.1) is 12.8 Å². The molecule has 6 rings (SSSR count). The number of pyridine rings is 1. The van der Waals surface area contributed by atoms with Crippen molar-refractivity contribution < 1.29 is 9.59 Å². The second-order valence-corrected chi connectivity index (χ2v) is 13.6. The third-order valence-corrected chi connectivity index (χ3v) is 8.91. The topological polar surface area (TPSA) is 95.4 Å². The number of anilines is 2. The number of nitrogens with zero attached hydrogens (tertiary/aromatic N) is 5. The van der Waals surface area contributed by atoms with Gasteiger partial charge in [0.15, 0.2) is 0 Å². The van der Waals surface area contributed by atoms with E-state index < -0.39 is 0 Å². The molecule has 238 valence electrons. The molecule has 1 saturated heterocycles. The van der Waals surface area contributed by atoms with E-state index in [0.717, 1.165) is 66.2 Å². The molecule has 0 radical (unpaired) electrons. The predicted octanol–water partition coefficient (Wildman–Crippen LogP) is 6.78. The van der Waals surface area contributed by atoms with E-state index in [1.54, 1.807) is 10.9 Å². The number of hydrogen-bond donors (Lipinski definition) is 2. The Morgan fingerprint density at radius 1 is 0.957 bits per heavy atom. The number of carbonyl (C=O) groups is 2. The van der Waals surface area contributed by atoms with Gasteiger partial charge in [0.05, 0.1) is 11.4 Å². The molecule has 2 aromatic heterocycles. The van der Waals surface area contributed by atoms with E-state index in [0.29, 0.717) is 18.3 Å². The molecule has 1 fully saturated rings. The van der Waals surface area contributed by atoms with Crippen LogP contribution in [0.2, 0.25) is 0 Å². The highest BCUT2D eigenvalue weighted by Gasteiger charge is 2.29. The first-order valence-electron chi connectivity index (χ1n) is 16.0. The van der Waals surface area contributed by atoms with Crippen LogP contribution in [0.15, 0.2) is 78.8 Å². The Bertz CT molecular complexity index is 1740. The molecule has 9 nitrogen and oxygen atoms in total. The second kappa shape index (κ2) is 12.8. The van der Waals surface area contributed by atoms with E-state index >= 15 is 0 Å². The van der Waals surface area contributed by atoms with Gasteiger partial charge in [0, 0.05) is 56.2 Å². The number of likely N-dealkylation sites (tertiary alicyclic amines) is 1. The molecule has 2 aliphatic rings. The van der Waals surface area contributed by atoms with Gasteiger partial charge in [-0.1, -0.05) is 50.6 Å². The number of amides is 3. The van der Waals surface area contributed by atoms with Crippen LogP contribution in [0.4, 0.5) is 16.3 Å². The molecule has 0 saturated carbocycles. The van der Waals surface area contributed by atoms with Crippen molar-refractivity contribution in [1.29, 1.82) is 0 Å². The van der Waals surface area contributed by atoms with Crippen molar-refractivity contribution in [3.63, 3.8) is 0 Å². The van der Waals surface area contributed by atoms with Crippen molar-refractivity contribution in [2.75, 3.05) is 30.8 Å². The van der Waals surface area contributed by atoms with Crippen molar-refractivity contribution >= 4 is 29.5 Å². The molecule has 2 aromatic carbocycles. The molecule has 0 atom stereocenters. The van der Waals surface area contributed by atoms with Crippen LogP contribution in [-0.2, 0) is 23.2 Å². The SMILES string of the molecule is Cc1ccc(-n2nc(C(C)(C)C)cc2NC(=O)Nc2ccc(CC3CCN(C(=O)C4=Cc5cnccc5CN4C)CC3)cc2)cc1. The number of benzene rings is 2. The lowest BCUT2D eigenvalue weighted by atomic mass is 9.90. The van der Waals surface area contributed by atoms with Crippen LogP contribution in [0.5, 0.6) is 0 Å². The molecular formula is C37H43N7O2. The average molecular weight is 618 g/mol. The number of aromatic nitrogens is 3. The van der Waals surface area contributed by atoms with Gasteiger partial charge in [-0.3, -0.25) is 15.1 Å². The zero-order chi connectivity index (χ0) is 32.4. The summed E-state index contributed by atoms with van der Waals surface area (Å²) in [6, 6.07) is 19.7. The van der Waals surface area contributed by atoms with E-state index in [1.165, 1.54) is 11.1 Å². The minimum atomic E-state index is -0.322. The van der Waals surface area contributed by atoms with Crippen molar-refractivity contribution in [3.05, 3.63) is 107 Å². The number of nitrogens with one attached hydrogen (secondary N) is 2. The monoisotopic (exact) mass is 617 g/mol. The molecule has 0 bridgehead atoms. The first-order chi connectivity index (χ1) is 22.0. The lowest BCUT2D eigenvalue weighted by Gasteiger charge is -2.35. The molecule has 0 unspecified atom stereocenters. The van der Waals surface area contributed by atoms with Gasteiger partial charge >= 0.3 is 6.03 Å². The molecule has 2 aliphatic heterocycles. The highest BCUT2D eigenvalue weighted by molar-refractivity contribution is 5.99. The predicted molar refractivity (Wildman–Crippen MR) is 183 cm³/mol. The molecule has 4 aromatic rings. The number of urea groups is 1. The highest BCUT2D eigenvalue weighted by Crippen LogP contribution is 2.29. The van der Waals surface area contributed by atoms with E-state index in [1.807, 2.05) is 84.6 Å². The molecule has 0 aliphatic carbocycles. The van der Waals surface area contributed by atoms with E-state index in [-0.39, 0.29) is 17.4 Å². The number of aryl methyl sites for hydroxylation is 1. The minimum Gasteiger partial charge on any atom is -0.366 e. The quantitative estimate of drug-likeness (QED) is 0.249. The zero-order valence-corrected chi connectivity index (χ0v) is 27.4. The Balaban J connectivity index is 1.03. The van der Waals surface area contributed by atoms with Crippen LogP contribution in [0.1, 0.15) is 61.6 Å². The second-order valence-electron chi connectivity index (χ2n) is 13.6. The maximum absolute atomic E-state index is 13.4. The number of fused-ring (bicyclic) bond motifs is 1. The Labute approximate surface area is 271 Å². The summed E-state index contributed by atoms with van der Waals surface area (Å²) in [5, 5.41) is 10.8. The van der Waals surface area contributed by atoms with Gasteiger partial charge in [-0.15, -0.1) is 0 Å². The Morgan fingerprint density at radius 2 is 1.67 bits per heavy atom. The van der Waals surface area contributed by atoms with Gasteiger partial charge in [0.25, 0.3) is 5.91 Å². The lowest BCUT2D eigenvalue weighted by Crippen LogP contribution is -2.42.